The van der Waals surface area contributed by atoms with Crippen LogP contribution in [-0.4, -0.2) is 23.9 Å². The highest BCUT2D eigenvalue weighted by molar-refractivity contribution is 7.98. The van der Waals surface area contributed by atoms with Crippen LogP contribution in [0, 0.1) is 12.3 Å². The maximum atomic E-state index is 10.5. The van der Waals surface area contributed by atoms with Gasteiger partial charge in [-0.15, -0.1) is 18.2 Å². The van der Waals surface area contributed by atoms with Crippen molar-refractivity contribution in [3.05, 3.63) is 23.8 Å². The van der Waals surface area contributed by atoms with Gasteiger partial charge in [0, 0.05) is 11.3 Å². The molecule has 0 amide bonds. The molecule has 0 aliphatic carbocycles. The average Bonchev–Trinajstić information content (AvgIpc) is 2.34. The molecule has 17 heavy (non-hydrogen) atoms. The number of terminal acetylenes is 1. The molecule has 1 aromatic carbocycles. The van der Waals surface area contributed by atoms with E-state index in [1.54, 1.807) is 11.8 Å². The standard InChI is InChI=1S/C13H14O3S/c1-3-8-16-11-6-4-10(5-7-13(14)15)9-12(11)17-2/h1,4,6,9H,5,7-8H2,2H3,(H,14,15). The van der Waals surface area contributed by atoms with Crippen LogP contribution in [0.1, 0.15) is 12.0 Å². The predicted octanol–water partition coefficient (Wildman–Crippen LogP) is 2.44. The van der Waals surface area contributed by atoms with Gasteiger partial charge in [0.25, 0.3) is 0 Å². The molecule has 3 nitrogen and oxygen atoms in total. The van der Waals surface area contributed by atoms with Gasteiger partial charge in [-0.1, -0.05) is 12.0 Å². The van der Waals surface area contributed by atoms with Gasteiger partial charge in [0.2, 0.25) is 0 Å². The number of carboxylic acid groups (broad SMARTS) is 1. The monoisotopic (exact) mass is 250 g/mol. The van der Waals surface area contributed by atoms with E-state index < -0.39 is 5.97 Å². The van der Waals surface area contributed by atoms with E-state index in [1.165, 1.54) is 0 Å². The van der Waals surface area contributed by atoms with Gasteiger partial charge < -0.3 is 9.84 Å². The summed E-state index contributed by atoms with van der Waals surface area (Å²) in [5.74, 6) is 2.37. The summed E-state index contributed by atoms with van der Waals surface area (Å²) < 4.78 is 5.38. The smallest absolute Gasteiger partial charge is 0.303 e. The predicted molar refractivity (Wildman–Crippen MR) is 68.5 cm³/mol. The molecular weight excluding hydrogens is 236 g/mol. The Kier molecular flexibility index (Phi) is 5.44. The fraction of sp³-hybridized carbons (Fsp3) is 0.308. The van der Waals surface area contributed by atoms with E-state index in [0.29, 0.717) is 6.42 Å². The number of aryl methyl sites for hydroxylation is 1. The lowest BCUT2D eigenvalue weighted by molar-refractivity contribution is -0.136. The summed E-state index contributed by atoms with van der Waals surface area (Å²) in [4.78, 5) is 11.5. The van der Waals surface area contributed by atoms with Crippen molar-refractivity contribution in [3.8, 4) is 18.1 Å². The molecule has 0 atom stereocenters. The van der Waals surface area contributed by atoms with E-state index in [2.05, 4.69) is 5.92 Å². The summed E-state index contributed by atoms with van der Waals surface area (Å²) >= 11 is 1.55. The minimum absolute atomic E-state index is 0.137. The highest BCUT2D eigenvalue weighted by Crippen LogP contribution is 2.29. The Morgan fingerprint density at radius 2 is 2.35 bits per heavy atom. The van der Waals surface area contributed by atoms with Crippen LogP contribution >= 0.6 is 11.8 Å². The molecule has 0 saturated heterocycles. The summed E-state index contributed by atoms with van der Waals surface area (Å²) in [7, 11) is 0. The molecule has 0 saturated carbocycles. The summed E-state index contributed by atoms with van der Waals surface area (Å²) in [6.45, 7) is 0.238. The van der Waals surface area contributed by atoms with E-state index in [-0.39, 0.29) is 13.0 Å². The fourth-order valence-electron chi connectivity index (χ4n) is 1.36. The molecule has 0 radical (unpaired) electrons. The lowest BCUT2D eigenvalue weighted by Gasteiger charge is -2.09. The number of thioether (sulfide) groups is 1. The molecule has 1 N–H and O–H groups in total. The second-order valence-corrected chi connectivity index (χ2v) is 4.22. The van der Waals surface area contributed by atoms with Crippen LogP contribution in [0.3, 0.4) is 0 Å². The molecule has 0 aliphatic heterocycles. The van der Waals surface area contributed by atoms with Gasteiger partial charge in [0.05, 0.1) is 0 Å². The zero-order valence-electron chi connectivity index (χ0n) is 9.60. The first-order valence-corrected chi connectivity index (χ1v) is 6.35. The van der Waals surface area contributed by atoms with Gasteiger partial charge in [0.15, 0.2) is 0 Å². The van der Waals surface area contributed by atoms with Crippen molar-refractivity contribution in [2.75, 3.05) is 12.9 Å². The summed E-state index contributed by atoms with van der Waals surface area (Å²) in [6, 6.07) is 5.65. The number of hydrogen-bond acceptors (Lipinski definition) is 3. The maximum absolute atomic E-state index is 10.5. The van der Waals surface area contributed by atoms with Crippen LogP contribution in [0.5, 0.6) is 5.75 Å². The number of carboxylic acids is 1. The lowest BCUT2D eigenvalue weighted by atomic mass is 10.1. The Hall–Kier alpha value is -1.60. The van der Waals surface area contributed by atoms with Gasteiger partial charge >= 0.3 is 5.97 Å². The molecule has 0 unspecified atom stereocenters. The minimum Gasteiger partial charge on any atom is -0.481 e. The zero-order chi connectivity index (χ0) is 12.7. The maximum Gasteiger partial charge on any atom is 0.303 e. The number of rotatable bonds is 6. The Bertz CT molecular complexity index is 435. The lowest BCUT2D eigenvalue weighted by Crippen LogP contribution is -1.99. The van der Waals surface area contributed by atoms with Crippen molar-refractivity contribution in [2.45, 2.75) is 17.7 Å². The Balaban J connectivity index is 2.77. The van der Waals surface area contributed by atoms with E-state index >= 15 is 0 Å². The normalized spacial score (nSPS) is 9.65. The van der Waals surface area contributed by atoms with Crippen molar-refractivity contribution in [3.63, 3.8) is 0 Å². The third-order valence-corrected chi connectivity index (χ3v) is 2.93. The summed E-state index contributed by atoms with van der Waals surface area (Å²) in [6.07, 6.45) is 7.74. The van der Waals surface area contributed by atoms with Crippen molar-refractivity contribution in [1.29, 1.82) is 0 Å². The van der Waals surface area contributed by atoms with E-state index in [9.17, 15) is 4.79 Å². The van der Waals surface area contributed by atoms with Crippen LogP contribution in [0.25, 0.3) is 0 Å². The van der Waals surface area contributed by atoms with Crippen LogP contribution < -0.4 is 4.74 Å². The largest absolute Gasteiger partial charge is 0.481 e. The highest BCUT2D eigenvalue weighted by Gasteiger charge is 2.05. The van der Waals surface area contributed by atoms with Gasteiger partial charge in [-0.2, -0.15) is 0 Å². The molecule has 0 bridgehead atoms. The zero-order valence-corrected chi connectivity index (χ0v) is 10.4. The summed E-state index contributed by atoms with van der Waals surface area (Å²) in [5.41, 5.74) is 0.991. The Labute approximate surface area is 105 Å². The Morgan fingerprint density at radius 1 is 1.59 bits per heavy atom. The first kappa shape index (κ1) is 13.5. The van der Waals surface area contributed by atoms with Crippen molar-refractivity contribution in [1.82, 2.24) is 0 Å². The minimum atomic E-state index is -0.789. The molecule has 0 spiro atoms. The number of aliphatic carboxylic acids is 1. The first-order valence-electron chi connectivity index (χ1n) is 5.12. The molecule has 0 aliphatic rings. The number of ether oxygens (including phenoxy) is 1. The van der Waals surface area contributed by atoms with Crippen molar-refractivity contribution < 1.29 is 14.6 Å². The molecule has 4 heteroatoms. The molecule has 1 rings (SSSR count). The second kappa shape index (κ2) is 6.87. The summed E-state index contributed by atoms with van der Waals surface area (Å²) in [5, 5.41) is 8.62. The van der Waals surface area contributed by atoms with Crippen LogP contribution in [0.2, 0.25) is 0 Å². The highest BCUT2D eigenvalue weighted by atomic mass is 32.2. The van der Waals surface area contributed by atoms with E-state index in [0.717, 1.165) is 16.2 Å². The fourth-order valence-corrected chi connectivity index (χ4v) is 1.95. The van der Waals surface area contributed by atoms with Gasteiger partial charge in [-0.25, -0.2) is 0 Å². The Morgan fingerprint density at radius 3 is 2.94 bits per heavy atom. The third kappa shape index (κ3) is 4.41. The molecule has 0 fully saturated rings. The van der Waals surface area contributed by atoms with Crippen LogP contribution in [0.15, 0.2) is 23.1 Å². The number of hydrogen-bond donors (Lipinski definition) is 1. The molecular formula is C13H14O3S. The second-order valence-electron chi connectivity index (χ2n) is 3.37. The average molecular weight is 250 g/mol. The number of carbonyl (C=O) groups is 1. The first-order chi connectivity index (χ1) is 8.17. The van der Waals surface area contributed by atoms with Gasteiger partial charge in [-0.05, 0) is 30.4 Å². The third-order valence-electron chi connectivity index (χ3n) is 2.17. The van der Waals surface area contributed by atoms with Crippen molar-refractivity contribution >= 4 is 17.7 Å². The molecule has 90 valence electrons. The topological polar surface area (TPSA) is 46.5 Å². The van der Waals surface area contributed by atoms with E-state index in [4.69, 9.17) is 16.3 Å². The SMILES string of the molecule is C#CCOc1ccc(CCC(=O)O)cc1SC. The molecule has 1 aromatic rings. The molecule has 0 aromatic heterocycles. The van der Waals surface area contributed by atoms with Crippen molar-refractivity contribution in [2.24, 2.45) is 0 Å². The van der Waals surface area contributed by atoms with Gasteiger partial charge in [-0.3, -0.25) is 4.79 Å². The molecule has 0 heterocycles. The van der Waals surface area contributed by atoms with E-state index in [1.807, 2.05) is 24.5 Å². The van der Waals surface area contributed by atoms with Crippen LogP contribution in [0.4, 0.5) is 0 Å². The van der Waals surface area contributed by atoms with Crippen LogP contribution in [-0.2, 0) is 11.2 Å². The van der Waals surface area contributed by atoms with Gasteiger partial charge in [0.1, 0.15) is 12.4 Å². The number of benzene rings is 1. The quantitative estimate of drug-likeness (QED) is 0.622.